The van der Waals surface area contributed by atoms with Crippen molar-refractivity contribution in [1.82, 2.24) is 20.2 Å². The fraction of sp³-hybridized carbons (Fsp3) is 0.412. The molecule has 9 nitrogen and oxygen atoms in total. The van der Waals surface area contributed by atoms with Crippen LogP contribution in [0.4, 0.5) is 5.95 Å². The number of carbonyl (C=O) groups is 1. The van der Waals surface area contributed by atoms with Gasteiger partial charge in [-0.25, -0.2) is 4.79 Å². The van der Waals surface area contributed by atoms with Gasteiger partial charge >= 0.3 is 5.97 Å². The first-order valence-corrected chi connectivity index (χ1v) is 8.30. The minimum absolute atomic E-state index is 0.161. The van der Waals surface area contributed by atoms with Gasteiger partial charge in [-0.15, -0.1) is 0 Å². The first-order valence-electron chi connectivity index (χ1n) is 8.30. The van der Waals surface area contributed by atoms with Gasteiger partial charge in [0.2, 0.25) is 5.95 Å². The number of nitrogens with zero attached hydrogens (tertiary/aromatic N) is 4. The van der Waals surface area contributed by atoms with E-state index in [4.69, 9.17) is 14.2 Å². The van der Waals surface area contributed by atoms with Gasteiger partial charge in [-0.3, -0.25) is 0 Å². The summed E-state index contributed by atoms with van der Waals surface area (Å²) in [4.78, 5) is 12.8. The van der Waals surface area contributed by atoms with Crippen molar-refractivity contribution in [2.24, 2.45) is 0 Å². The highest BCUT2D eigenvalue weighted by Crippen LogP contribution is 2.38. The molecule has 3 rings (SSSR count). The summed E-state index contributed by atoms with van der Waals surface area (Å²) in [6, 6.07) is 6.95. The monoisotopic (exact) mass is 359 g/mol. The van der Waals surface area contributed by atoms with Gasteiger partial charge in [0, 0.05) is 18.4 Å². The van der Waals surface area contributed by atoms with Crippen LogP contribution < -0.4 is 10.1 Å². The Morgan fingerprint density at radius 3 is 2.88 bits per heavy atom. The van der Waals surface area contributed by atoms with Crippen LogP contribution in [0.1, 0.15) is 25.5 Å². The van der Waals surface area contributed by atoms with Crippen molar-refractivity contribution < 1.29 is 19.0 Å². The van der Waals surface area contributed by atoms with Crippen LogP contribution in [-0.2, 0) is 14.3 Å². The first-order chi connectivity index (χ1) is 12.7. The zero-order valence-corrected chi connectivity index (χ0v) is 14.9. The Morgan fingerprint density at radius 2 is 2.12 bits per heavy atom. The summed E-state index contributed by atoms with van der Waals surface area (Å²) in [5, 5.41) is 14.8. The van der Waals surface area contributed by atoms with Crippen LogP contribution in [-0.4, -0.2) is 53.1 Å². The Hall–Kier alpha value is -2.94. The molecule has 0 fully saturated rings. The number of carbonyl (C=O) groups excluding carboxylic acids is 1. The van der Waals surface area contributed by atoms with E-state index in [9.17, 15) is 4.79 Å². The Kier molecular flexibility index (Phi) is 5.47. The second-order valence-corrected chi connectivity index (χ2v) is 5.61. The number of allylic oxidation sites excluding steroid dienone is 1. The van der Waals surface area contributed by atoms with Gasteiger partial charge in [-0.2, -0.15) is 4.68 Å². The standard InChI is InChI=1S/C17H21N5O4/c1-4-25-13-8-6-5-7-12(13)15-14(16(23)26-10-9-24-3)11(2)18-17-19-20-21-22(15)17/h5-8,15H,4,9-10H2,1-3H3,(H,18,19,21)/t15-/m0/s1. The minimum Gasteiger partial charge on any atom is -0.494 e. The number of ether oxygens (including phenoxy) is 3. The Bertz CT molecular complexity index is 817. The van der Waals surface area contributed by atoms with Gasteiger partial charge in [0.15, 0.2) is 0 Å². The van der Waals surface area contributed by atoms with Crippen molar-refractivity contribution in [1.29, 1.82) is 0 Å². The van der Waals surface area contributed by atoms with Gasteiger partial charge < -0.3 is 19.5 Å². The van der Waals surface area contributed by atoms with Crippen LogP contribution in [0.3, 0.4) is 0 Å². The molecule has 0 spiro atoms. The van der Waals surface area contributed by atoms with Gasteiger partial charge in [-0.1, -0.05) is 23.3 Å². The lowest BCUT2D eigenvalue weighted by Gasteiger charge is -2.28. The highest BCUT2D eigenvalue weighted by Gasteiger charge is 2.36. The number of aromatic nitrogens is 4. The molecule has 9 heteroatoms. The molecular weight excluding hydrogens is 338 g/mol. The average molecular weight is 359 g/mol. The van der Waals surface area contributed by atoms with Gasteiger partial charge in [-0.05, 0) is 30.3 Å². The first kappa shape index (κ1) is 17.9. The summed E-state index contributed by atoms with van der Waals surface area (Å²) < 4.78 is 17.6. The van der Waals surface area contributed by atoms with Crippen molar-refractivity contribution in [2.45, 2.75) is 19.9 Å². The number of benzene rings is 1. The van der Waals surface area contributed by atoms with E-state index in [1.54, 1.807) is 18.7 Å². The van der Waals surface area contributed by atoms with Crippen LogP contribution in [0.2, 0.25) is 0 Å². The minimum atomic E-state index is -0.556. The zero-order chi connectivity index (χ0) is 18.5. The van der Waals surface area contributed by atoms with Crippen LogP contribution in [0, 0.1) is 0 Å². The lowest BCUT2D eigenvalue weighted by molar-refractivity contribution is -0.140. The summed E-state index contributed by atoms with van der Waals surface area (Å²) in [6.45, 7) is 4.68. The molecule has 0 aliphatic carbocycles. The molecule has 0 unspecified atom stereocenters. The third-order valence-corrected chi connectivity index (χ3v) is 3.97. The van der Waals surface area contributed by atoms with Gasteiger partial charge in [0.05, 0.1) is 18.8 Å². The van der Waals surface area contributed by atoms with Crippen molar-refractivity contribution in [3.05, 3.63) is 41.1 Å². The molecule has 0 amide bonds. The molecule has 2 aromatic rings. The van der Waals surface area contributed by atoms with Gasteiger partial charge in [0.1, 0.15) is 18.4 Å². The summed E-state index contributed by atoms with van der Waals surface area (Å²) >= 11 is 0. The maximum atomic E-state index is 12.8. The zero-order valence-electron chi connectivity index (χ0n) is 14.9. The van der Waals surface area contributed by atoms with E-state index in [0.29, 0.717) is 36.2 Å². The number of hydrogen-bond acceptors (Lipinski definition) is 8. The fourth-order valence-corrected chi connectivity index (χ4v) is 2.85. The van der Waals surface area contributed by atoms with E-state index < -0.39 is 12.0 Å². The third-order valence-electron chi connectivity index (χ3n) is 3.97. The molecule has 0 saturated heterocycles. The number of para-hydroxylation sites is 1. The number of rotatable bonds is 7. The van der Waals surface area contributed by atoms with Crippen molar-refractivity contribution in [3.8, 4) is 5.75 Å². The molecule has 138 valence electrons. The molecule has 1 atom stereocenters. The van der Waals surface area contributed by atoms with Crippen LogP contribution in [0.5, 0.6) is 5.75 Å². The summed E-state index contributed by atoms with van der Waals surface area (Å²) in [5.41, 5.74) is 1.83. The third kappa shape index (κ3) is 3.38. The van der Waals surface area contributed by atoms with E-state index in [1.807, 2.05) is 31.2 Å². The topological polar surface area (TPSA) is 100 Å². The predicted molar refractivity (Wildman–Crippen MR) is 92.7 cm³/mol. The molecule has 26 heavy (non-hydrogen) atoms. The highest BCUT2D eigenvalue weighted by molar-refractivity contribution is 5.92. The average Bonchev–Trinajstić information content (AvgIpc) is 3.09. The second-order valence-electron chi connectivity index (χ2n) is 5.61. The van der Waals surface area contributed by atoms with E-state index >= 15 is 0 Å². The largest absolute Gasteiger partial charge is 0.494 e. The predicted octanol–water partition coefficient (Wildman–Crippen LogP) is 1.55. The smallest absolute Gasteiger partial charge is 0.338 e. The molecule has 1 aromatic heterocycles. The number of hydrogen-bond donors (Lipinski definition) is 1. The number of methoxy groups -OCH3 is 1. The highest BCUT2D eigenvalue weighted by atomic mass is 16.6. The maximum Gasteiger partial charge on any atom is 0.338 e. The summed E-state index contributed by atoms with van der Waals surface area (Å²) in [7, 11) is 1.55. The number of fused-ring (bicyclic) bond motifs is 1. The SMILES string of the molecule is CCOc1ccccc1[C@H]1C(C(=O)OCCOC)=C(C)Nc2nnnn21. The van der Waals surface area contributed by atoms with Crippen LogP contribution in [0.15, 0.2) is 35.5 Å². The molecule has 0 saturated carbocycles. The Morgan fingerprint density at radius 1 is 1.31 bits per heavy atom. The number of anilines is 1. The quantitative estimate of drug-likeness (QED) is 0.587. The fourth-order valence-electron chi connectivity index (χ4n) is 2.85. The Balaban J connectivity index is 2.05. The summed E-state index contributed by atoms with van der Waals surface area (Å²) in [5.74, 6) is 0.662. The molecule has 1 aliphatic heterocycles. The molecule has 2 heterocycles. The van der Waals surface area contributed by atoms with E-state index in [1.165, 1.54) is 0 Å². The van der Waals surface area contributed by atoms with Crippen LogP contribution in [0.25, 0.3) is 0 Å². The van der Waals surface area contributed by atoms with Crippen molar-refractivity contribution >= 4 is 11.9 Å². The summed E-state index contributed by atoms with van der Waals surface area (Å²) in [6.07, 6.45) is 0. The maximum absolute atomic E-state index is 12.8. The molecular formula is C17H21N5O4. The molecule has 1 aromatic carbocycles. The van der Waals surface area contributed by atoms with E-state index in [2.05, 4.69) is 20.8 Å². The van der Waals surface area contributed by atoms with Crippen molar-refractivity contribution in [2.75, 3.05) is 32.2 Å². The van der Waals surface area contributed by atoms with E-state index in [-0.39, 0.29) is 6.61 Å². The lowest BCUT2D eigenvalue weighted by Crippen LogP contribution is -2.30. The number of nitrogens with one attached hydrogen (secondary N) is 1. The lowest BCUT2D eigenvalue weighted by atomic mass is 9.95. The van der Waals surface area contributed by atoms with Crippen LogP contribution >= 0.6 is 0 Å². The second kappa shape index (κ2) is 7.96. The van der Waals surface area contributed by atoms with E-state index in [0.717, 1.165) is 5.56 Å². The number of esters is 1. The van der Waals surface area contributed by atoms with Gasteiger partial charge in [0.25, 0.3) is 0 Å². The number of tetrazole rings is 1. The molecule has 1 N–H and O–H groups in total. The molecule has 0 bridgehead atoms. The Labute approximate surface area is 150 Å². The molecule has 1 aliphatic rings. The van der Waals surface area contributed by atoms with Crippen molar-refractivity contribution in [3.63, 3.8) is 0 Å². The normalized spacial score (nSPS) is 16.0. The molecule has 0 radical (unpaired) electrons.